The molecule has 0 aliphatic heterocycles. The number of thioether (sulfide) groups is 1. The van der Waals surface area contributed by atoms with Crippen molar-refractivity contribution in [3.8, 4) is 11.5 Å². The summed E-state index contributed by atoms with van der Waals surface area (Å²) in [6.07, 6.45) is 6.57. The van der Waals surface area contributed by atoms with Crippen molar-refractivity contribution in [2.45, 2.75) is 37.0 Å². The highest BCUT2D eigenvalue weighted by molar-refractivity contribution is 7.99. The van der Waals surface area contributed by atoms with Crippen molar-refractivity contribution in [2.75, 3.05) is 6.26 Å². The van der Waals surface area contributed by atoms with Crippen LogP contribution in [0.5, 0.6) is 11.5 Å². The lowest BCUT2D eigenvalue weighted by Gasteiger charge is -2.30. The van der Waals surface area contributed by atoms with Gasteiger partial charge in [0.05, 0.1) is 0 Å². The van der Waals surface area contributed by atoms with Crippen LogP contribution in [0.2, 0.25) is 0 Å². The van der Waals surface area contributed by atoms with Crippen LogP contribution in [0, 0.1) is 0 Å². The average Bonchev–Trinajstić information content (AvgIpc) is 2.42. The van der Waals surface area contributed by atoms with Crippen molar-refractivity contribution in [3.63, 3.8) is 0 Å². The normalized spacial score (nSPS) is 23.0. The fourth-order valence-electron chi connectivity index (χ4n) is 2.46. The Balaban J connectivity index is 2.05. The smallest absolute Gasteiger partial charge is 0.251 e. The quantitative estimate of drug-likeness (QED) is 0.745. The summed E-state index contributed by atoms with van der Waals surface area (Å²) in [7, 11) is 0. The lowest BCUT2D eigenvalue weighted by Crippen LogP contribution is -2.43. The van der Waals surface area contributed by atoms with Gasteiger partial charge in [-0.05, 0) is 37.3 Å². The van der Waals surface area contributed by atoms with Crippen LogP contribution in [-0.2, 0) is 0 Å². The SMILES string of the molecule is CSC1CCCCC1NC(=O)c1ccc(O)c(O)c1. The second-order valence-corrected chi connectivity index (χ2v) is 5.92. The molecule has 0 aromatic heterocycles. The van der Waals surface area contributed by atoms with Gasteiger partial charge >= 0.3 is 0 Å². The first-order valence-corrected chi connectivity index (χ1v) is 7.76. The second-order valence-electron chi connectivity index (χ2n) is 4.84. The van der Waals surface area contributed by atoms with Gasteiger partial charge in [0.1, 0.15) is 0 Å². The first-order chi connectivity index (χ1) is 9.11. The van der Waals surface area contributed by atoms with E-state index in [-0.39, 0.29) is 23.4 Å². The Bertz CT molecular complexity index is 464. The molecule has 0 heterocycles. The monoisotopic (exact) mass is 281 g/mol. The first kappa shape index (κ1) is 14.1. The van der Waals surface area contributed by atoms with Gasteiger partial charge in [0.15, 0.2) is 11.5 Å². The number of rotatable bonds is 3. The van der Waals surface area contributed by atoms with E-state index in [0.717, 1.165) is 19.3 Å². The van der Waals surface area contributed by atoms with Crippen LogP contribution < -0.4 is 5.32 Å². The van der Waals surface area contributed by atoms with E-state index >= 15 is 0 Å². The number of benzene rings is 1. The minimum Gasteiger partial charge on any atom is -0.504 e. The number of phenolic OH excluding ortho intramolecular Hbond substituents is 2. The lowest BCUT2D eigenvalue weighted by molar-refractivity contribution is 0.0929. The highest BCUT2D eigenvalue weighted by Crippen LogP contribution is 2.28. The predicted molar refractivity (Wildman–Crippen MR) is 76.8 cm³/mol. The third-order valence-corrected chi connectivity index (χ3v) is 4.73. The third kappa shape index (κ3) is 3.35. The van der Waals surface area contributed by atoms with Gasteiger partial charge in [-0.1, -0.05) is 12.8 Å². The maximum atomic E-state index is 12.1. The minimum absolute atomic E-state index is 0.187. The molecular weight excluding hydrogens is 262 g/mol. The summed E-state index contributed by atoms with van der Waals surface area (Å²) in [4.78, 5) is 12.1. The van der Waals surface area contributed by atoms with Crippen LogP contribution in [0.3, 0.4) is 0 Å². The molecule has 1 saturated carbocycles. The van der Waals surface area contributed by atoms with Crippen LogP contribution in [0.15, 0.2) is 18.2 Å². The van der Waals surface area contributed by atoms with Gasteiger partial charge in [-0.2, -0.15) is 11.8 Å². The number of phenols is 2. The molecule has 0 bridgehead atoms. The lowest BCUT2D eigenvalue weighted by atomic mass is 9.94. The van der Waals surface area contributed by atoms with E-state index in [1.54, 1.807) is 11.8 Å². The molecule has 5 heteroatoms. The fourth-order valence-corrected chi connectivity index (χ4v) is 3.40. The van der Waals surface area contributed by atoms with Gasteiger partial charge in [0.25, 0.3) is 5.91 Å². The van der Waals surface area contributed by atoms with E-state index in [2.05, 4.69) is 11.6 Å². The van der Waals surface area contributed by atoms with E-state index in [0.29, 0.717) is 10.8 Å². The Morgan fingerprint density at radius 2 is 2.00 bits per heavy atom. The molecule has 1 aromatic rings. The van der Waals surface area contributed by atoms with Crippen molar-refractivity contribution in [1.82, 2.24) is 5.32 Å². The van der Waals surface area contributed by atoms with E-state index in [4.69, 9.17) is 0 Å². The van der Waals surface area contributed by atoms with Crippen LogP contribution in [0.4, 0.5) is 0 Å². The van der Waals surface area contributed by atoms with Crippen molar-refractivity contribution in [1.29, 1.82) is 0 Å². The topological polar surface area (TPSA) is 69.6 Å². The van der Waals surface area contributed by atoms with E-state index < -0.39 is 0 Å². The van der Waals surface area contributed by atoms with E-state index in [1.165, 1.54) is 24.6 Å². The summed E-state index contributed by atoms with van der Waals surface area (Å²) in [5.41, 5.74) is 0.376. The molecule has 0 saturated heterocycles. The zero-order valence-electron chi connectivity index (χ0n) is 10.9. The van der Waals surface area contributed by atoms with Crippen molar-refractivity contribution in [2.24, 2.45) is 0 Å². The molecule has 0 radical (unpaired) electrons. The summed E-state index contributed by atoms with van der Waals surface area (Å²) >= 11 is 1.79. The molecule has 19 heavy (non-hydrogen) atoms. The Morgan fingerprint density at radius 1 is 1.26 bits per heavy atom. The maximum absolute atomic E-state index is 12.1. The van der Waals surface area contributed by atoms with E-state index in [9.17, 15) is 15.0 Å². The van der Waals surface area contributed by atoms with Gasteiger partial charge in [-0.15, -0.1) is 0 Å². The minimum atomic E-state index is -0.266. The molecule has 2 rings (SSSR count). The third-order valence-electron chi connectivity index (χ3n) is 3.56. The predicted octanol–water partition coefficient (Wildman–Crippen LogP) is 2.50. The van der Waals surface area contributed by atoms with Crippen LogP contribution in [-0.4, -0.2) is 33.7 Å². The molecule has 1 aromatic carbocycles. The number of nitrogens with one attached hydrogen (secondary N) is 1. The Kier molecular flexibility index (Phi) is 4.58. The number of hydrogen-bond donors (Lipinski definition) is 3. The molecule has 0 spiro atoms. The number of hydrogen-bond acceptors (Lipinski definition) is 4. The fraction of sp³-hybridized carbons (Fsp3) is 0.500. The number of amides is 1. The van der Waals surface area contributed by atoms with E-state index in [1.807, 2.05) is 0 Å². The molecule has 1 aliphatic rings. The highest BCUT2D eigenvalue weighted by Gasteiger charge is 2.26. The zero-order valence-corrected chi connectivity index (χ0v) is 11.7. The average molecular weight is 281 g/mol. The molecule has 1 fully saturated rings. The van der Waals surface area contributed by atoms with Crippen LogP contribution in [0.1, 0.15) is 36.0 Å². The highest BCUT2D eigenvalue weighted by atomic mass is 32.2. The molecule has 1 amide bonds. The molecule has 104 valence electrons. The molecular formula is C14H19NO3S. The summed E-state index contributed by atoms with van der Waals surface area (Å²) in [5.74, 6) is -0.671. The summed E-state index contributed by atoms with van der Waals surface area (Å²) in [5, 5.41) is 22.2. The Labute approximate surface area is 117 Å². The molecule has 4 nitrogen and oxygen atoms in total. The maximum Gasteiger partial charge on any atom is 0.251 e. The standard InChI is InChI=1S/C14H19NO3S/c1-19-13-5-3-2-4-10(13)15-14(18)9-6-7-11(16)12(17)8-9/h6-8,10,13,16-17H,2-5H2,1H3,(H,15,18). The Hall–Kier alpha value is -1.36. The van der Waals surface area contributed by atoms with Crippen LogP contribution >= 0.6 is 11.8 Å². The molecule has 2 unspecified atom stereocenters. The van der Waals surface area contributed by atoms with Gasteiger partial charge in [-0.25, -0.2) is 0 Å². The zero-order chi connectivity index (χ0) is 13.8. The molecule has 3 N–H and O–H groups in total. The first-order valence-electron chi connectivity index (χ1n) is 6.47. The number of carbonyl (C=O) groups excluding carboxylic acids is 1. The van der Waals surface area contributed by atoms with Crippen molar-refractivity contribution < 1.29 is 15.0 Å². The van der Waals surface area contributed by atoms with Crippen molar-refractivity contribution >= 4 is 17.7 Å². The molecule has 2 atom stereocenters. The number of aromatic hydroxyl groups is 2. The van der Waals surface area contributed by atoms with Gasteiger partial charge < -0.3 is 15.5 Å². The van der Waals surface area contributed by atoms with Crippen molar-refractivity contribution in [3.05, 3.63) is 23.8 Å². The largest absolute Gasteiger partial charge is 0.504 e. The Morgan fingerprint density at radius 3 is 2.68 bits per heavy atom. The van der Waals surface area contributed by atoms with Gasteiger partial charge in [-0.3, -0.25) is 4.79 Å². The van der Waals surface area contributed by atoms with Gasteiger partial charge in [0.2, 0.25) is 0 Å². The second kappa shape index (κ2) is 6.19. The summed E-state index contributed by atoms with van der Waals surface area (Å²) in [6.45, 7) is 0. The summed E-state index contributed by atoms with van der Waals surface area (Å²) < 4.78 is 0. The molecule has 1 aliphatic carbocycles. The summed E-state index contributed by atoms with van der Waals surface area (Å²) in [6, 6.07) is 4.33. The number of carbonyl (C=O) groups is 1. The van der Waals surface area contributed by atoms with Gasteiger partial charge in [0, 0.05) is 16.9 Å². The van der Waals surface area contributed by atoms with Crippen LogP contribution in [0.25, 0.3) is 0 Å².